The normalized spacial score (nSPS) is 16.4. The van der Waals surface area contributed by atoms with E-state index in [2.05, 4.69) is 0 Å². The van der Waals surface area contributed by atoms with Crippen molar-refractivity contribution in [3.8, 4) is 5.75 Å². The number of phenolic OH excluding ortho intramolecular Hbond substituents is 1. The SMILES string of the molecule is O=C(c1cc(O)ccc1Cl)N1CCC(OCCO)CC1. The van der Waals surface area contributed by atoms with E-state index in [4.69, 9.17) is 21.4 Å². The van der Waals surface area contributed by atoms with Crippen LogP contribution in [-0.4, -0.2) is 53.4 Å². The van der Waals surface area contributed by atoms with E-state index in [0.717, 1.165) is 12.8 Å². The van der Waals surface area contributed by atoms with E-state index in [1.807, 2.05) is 0 Å². The van der Waals surface area contributed by atoms with Gasteiger partial charge < -0.3 is 19.8 Å². The summed E-state index contributed by atoms with van der Waals surface area (Å²) >= 11 is 6.00. The van der Waals surface area contributed by atoms with Crippen molar-refractivity contribution in [3.63, 3.8) is 0 Å². The maximum Gasteiger partial charge on any atom is 0.255 e. The molecule has 20 heavy (non-hydrogen) atoms. The first-order chi connectivity index (χ1) is 9.61. The number of likely N-dealkylation sites (tertiary alicyclic amines) is 1. The molecule has 0 aromatic heterocycles. The van der Waals surface area contributed by atoms with Gasteiger partial charge in [-0.05, 0) is 31.0 Å². The van der Waals surface area contributed by atoms with Crippen LogP contribution >= 0.6 is 11.6 Å². The molecule has 2 N–H and O–H groups in total. The molecule has 0 unspecified atom stereocenters. The Labute approximate surface area is 122 Å². The quantitative estimate of drug-likeness (QED) is 0.887. The van der Waals surface area contributed by atoms with Gasteiger partial charge in [-0.3, -0.25) is 4.79 Å². The van der Waals surface area contributed by atoms with Gasteiger partial charge in [0.1, 0.15) is 5.75 Å². The molecule has 1 saturated heterocycles. The molecule has 6 heteroatoms. The molecule has 110 valence electrons. The highest BCUT2D eigenvalue weighted by Gasteiger charge is 2.25. The molecule has 1 aliphatic heterocycles. The van der Waals surface area contributed by atoms with Crippen LogP contribution in [0.4, 0.5) is 0 Å². The number of halogens is 1. The predicted molar refractivity (Wildman–Crippen MR) is 75.1 cm³/mol. The Balaban J connectivity index is 1.96. The van der Waals surface area contributed by atoms with Crippen LogP contribution in [0.3, 0.4) is 0 Å². The molecule has 1 aromatic carbocycles. The average molecular weight is 300 g/mol. The Morgan fingerprint density at radius 2 is 2.10 bits per heavy atom. The molecular weight excluding hydrogens is 282 g/mol. The number of aromatic hydroxyl groups is 1. The van der Waals surface area contributed by atoms with E-state index >= 15 is 0 Å². The Hall–Kier alpha value is -1.30. The largest absolute Gasteiger partial charge is 0.508 e. The molecule has 1 fully saturated rings. The average Bonchev–Trinajstić information content (AvgIpc) is 2.47. The van der Waals surface area contributed by atoms with Crippen molar-refractivity contribution in [1.29, 1.82) is 0 Å². The molecule has 1 aromatic rings. The van der Waals surface area contributed by atoms with Crippen molar-refractivity contribution in [2.45, 2.75) is 18.9 Å². The topological polar surface area (TPSA) is 70.0 Å². The molecule has 0 aliphatic carbocycles. The molecule has 5 nitrogen and oxygen atoms in total. The summed E-state index contributed by atoms with van der Waals surface area (Å²) < 4.78 is 5.45. The molecule has 1 amide bonds. The Morgan fingerprint density at radius 3 is 2.75 bits per heavy atom. The van der Waals surface area contributed by atoms with Gasteiger partial charge >= 0.3 is 0 Å². The van der Waals surface area contributed by atoms with Crippen LogP contribution < -0.4 is 0 Å². The lowest BCUT2D eigenvalue weighted by molar-refractivity contribution is -0.00554. The van der Waals surface area contributed by atoms with Crippen molar-refractivity contribution < 1.29 is 19.7 Å². The summed E-state index contributed by atoms with van der Waals surface area (Å²) in [5, 5.41) is 18.5. The fraction of sp³-hybridized carbons (Fsp3) is 0.500. The van der Waals surface area contributed by atoms with Gasteiger partial charge in [-0.25, -0.2) is 0 Å². The van der Waals surface area contributed by atoms with Gasteiger partial charge in [0, 0.05) is 13.1 Å². The number of carbonyl (C=O) groups excluding carboxylic acids is 1. The second kappa shape index (κ2) is 6.92. The minimum Gasteiger partial charge on any atom is -0.508 e. The van der Waals surface area contributed by atoms with Crippen molar-refractivity contribution >= 4 is 17.5 Å². The monoisotopic (exact) mass is 299 g/mol. The number of aliphatic hydroxyl groups is 1. The minimum absolute atomic E-state index is 0.0119. The van der Waals surface area contributed by atoms with Crippen LogP contribution in [0.1, 0.15) is 23.2 Å². The number of phenols is 1. The second-order valence-electron chi connectivity index (χ2n) is 4.75. The Morgan fingerprint density at radius 1 is 1.40 bits per heavy atom. The third-order valence-electron chi connectivity index (χ3n) is 3.35. The molecule has 0 saturated carbocycles. The van der Waals surface area contributed by atoms with E-state index in [0.29, 0.717) is 30.3 Å². The van der Waals surface area contributed by atoms with Gasteiger partial charge in [-0.2, -0.15) is 0 Å². The van der Waals surface area contributed by atoms with Crippen molar-refractivity contribution in [2.24, 2.45) is 0 Å². The number of nitrogens with zero attached hydrogens (tertiary/aromatic N) is 1. The van der Waals surface area contributed by atoms with Gasteiger partial charge in [0.25, 0.3) is 5.91 Å². The number of benzene rings is 1. The standard InChI is InChI=1S/C14H18ClNO4/c15-13-2-1-10(18)9-12(13)14(19)16-5-3-11(4-6-16)20-8-7-17/h1-2,9,11,17-18H,3-8H2. The predicted octanol–water partition coefficient (Wildman–Crippen LogP) is 1.66. The van der Waals surface area contributed by atoms with Crippen LogP contribution in [0, 0.1) is 0 Å². The number of ether oxygens (including phenoxy) is 1. The molecule has 2 rings (SSSR count). The smallest absolute Gasteiger partial charge is 0.255 e. The molecule has 0 atom stereocenters. The highest BCUT2D eigenvalue weighted by atomic mass is 35.5. The summed E-state index contributed by atoms with van der Waals surface area (Å²) in [6.07, 6.45) is 1.57. The Kier molecular flexibility index (Phi) is 5.23. The first kappa shape index (κ1) is 15.1. The zero-order valence-electron chi connectivity index (χ0n) is 11.1. The maximum atomic E-state index is 12.3. The lowest BCUT2D eigenvalue weighted by Gasteiger charge is -2.32. The van der Waals surface area contributed by atoms with Crippen molar-refractivity contribution in [3.05, 3.63) is 28.8 Å². The summed E-state index contributed by atoms with van der Waals surface area (Å²) in [5.41, 5.74) is 0.321. The summed E-state index contributed by atoms with van der Waals surface area (Å²) in [5.74, 6) is -0.148. The highest BCUT2D eigenvalue weighted by molar-refractivity contribution is 6.33. The fourth-order valence-electron chi connectivity index (χ4n) is 2.29. The summed E-state index contributed by atoms with van der Waals surface area (Å²) in [4.78, 5) is 14.1. The van der Waals surface area contributed by atoms with E-state index in [1.165, 1.54) is 18.2 Å². The lowest BCUT2D eigenvalue weighted by atomic mass is 10.1. The zero-order valence-corrected chi connectivity index (χ0v) is 11.8. The number of amides is 1. The number of hydrogen-bond acceptors (Lipinski definition) is 4. The molecule has 0 spiro atoms. The number of rotatable bonds is 4. The van der Waals surface area contributed by atoms with E-state index in [1.54, 1.807) is 4.90 Å². The molecule has 1 aliphatic rings. The molecule has 0 bridgehead atoms. The zero-order chi connectivity index (χ0) is 14.5. The van der Waals surface area contributed by atoms with Gasteiger partial charge in [0.2, 0.25) is 0 Å². The van der Waals surface area contributed by atoms with Crippen molar-refractivity contribution in [1.82, 2.24) is 4.90 Å². The second-order valence-corrected chi connectivity index (χ2v) is 5.16. The number of carbonyl (C=O) groups is 1. The third kappa shape index (κ3) is 3.62. The van der Waals surface area contributed by atoms with Gasteiger partial charge in [-0.1, -0.05) is 11.6 Å². The Bertz CT molecular complexity index is 472. The first-order valence-corrected chi connectivity index (χ1v) is 7.00. The van der Waals surface area contributed by atoms with Crippen LogP contribution in [0.5, 0.6) is 5.75 Å². The van der Waals surface area contributed by atoms with Crippen molar-refractivity contribution in [2.75, 3.05) is 26.3 Å². The minimum atomic E-state index is -0.175. The summed E-state index contributed by atoms with van der Waals surface area (Å²) in [6, 6.07) is 4.36. The van der Waals surface area contributed by atoms with Crippen LogP contribution in [0.25, 0.3) is 0 Å². The number of aliphatic hydroxyl groups excluding tert-OH is 1. The third-order valence-corrected chi connectivity index (χ3v) is 3.68. The summed E-state index contributed by atoms with van der Waals surface area (Å²) in [7, 11) is 0. The highest BCUT2D eigenvalue weighted by Crippen LogP contribution is 2.24. The van der Waals surface area contributed by atoms with E-state index in [9.17, 15) is 9.90 Å². The maximum absolute atomic E-state index is 12.3. The molecule has 1 heterocycles. The first-order valence-electron chi connectivity index (χ1n) is 6.62. The summed E-state index contributed by atoms with van der Waals surface area (Å²) in [6.45, 7) is 1.51. The van der Waals surface area contributed by atoms with Crippen LogP contribution in [0.2, 0.25) is 5.02 Å². The van der Waals surface area contributed by atoms with Crippen LogP contribution in [0.15, 0.2) is 18.2 Å². The molecule has 0 radical (unpaired) electrons. The lowest BCUT2D eigenvalue weighted by Crippen LogP contribution is -2.41. The van der Waals surface area contributed by atoms with Crippen LogP contribution in [-0.2, 0) is 4.74 Å². The van der Waals surface area contributed by atoms with Gasteiger partial charge in [-0.15, -0.1) is 0 Å². The van der Waals surface area contributed by atoms with E-state index < -0.39 is 0 Å². The number of piperidine rings is 1. The van der Waals surface area contributed by atoms with E-state index in [-0.39, 0.29) is 24.4 Å². The molecular formula is C14H18ClNO4. The fourth-order valence-corrected chi connectivity index (χ4v) is 2.49. The van der Waals surface area contributed by atoms with Gasteiger partial charge in [0.15, 0.2) is 0 Å². The number of hydrogen-bond donors (Lipinski definition) is 2. The van der Waals surface area contributed by atoms with Gasteiger partial charge in [0.05, 0.1) is 29.9 Å².